The average Bonchev–Trinajstić information content (AvgIpc) is 3.25. The minimum atomic E-state index is -4.60. The van der Waals surface area contributed by atoms with Gasteiger partial charge in [0.15, 0.2) is 0 Å². The van der Waals surface area contributed by atoms with E-state index in [1.54, 1.807) is 12.1 Å². The first-order chi connectivity index (χ1) is 16.8. The van der Waals surface area contributed by atoms with Crippen molar-refractivity contribution in [3.8, 4) is 0 Å². The van der Waals surface area contributed by atoms with E-state index in [1.807, 2.05) is 53.2 Å². The first-order valence-electron chi connectivity index (χ1n) is 10.9. The van der Waals surface area contributed by atoms with E-state index in [0.29, 0.717) is 6.54 Å². The number of anilines is 1. The summed E-state index contributed by atoms with van der Waals surface area (Å²) in [6.07, 6.45) is -2.79. The minimum absolute atomic E-state index is 0.136. The minimum Gasteiger partial charge on any atom is -0.345 e. The molecular formula is C27H23F4N3O. The molecule has 0 unspecified atom stereocenters. The van der Waals surface area contributed by atoms with Gasteiger partial charge in [-0.1, -0.05) is 54.6 Å². The lowest BCUT2D eigenvalue weighted by molar-refractivity contribution is -0.136. The van der Waals surface area contributed by atoms with Gasteiger partial charge in [-0.05, 0) is 47.5 Å². The monoisotopic (exact) mass is 481 g/mol. The molecule has 35 heavy (non-hydrogen) atoms. The number of halogens is 4. The van der Waals surface area contributed by atoms with Crippen LogP contribution < -0.4 is 5.32 Å². The van der Waals surface area contributed by atoms with Crippen LogP contribution in [0.3, 0.4) is 0 Å². The van der Waals surface area contributed by atoms with Crippen LogP contribution in [0.1, 0.15) is 22.4 Å². The van der Waals surface area contributed by atoms with Gasteiger partial charge in [-0.2, -0.15) is 13.2 Å². The second-order valence-electron chi connectivity index (χ2n) is 8.07. The number of hydrogen-bond acceptors (Lipinski definition) is 1. The Morgan fingerprint density at radius 3 is 2.29 bits per heavy atom. The third-order valence-electron chi connectivity index (χ3n) is 5.50. The SMILES string of the molecule is O=C(Nc1ccccc1C(F)(F)F)N(Cc1ccccc1)Cc1cccn1Cc1cccc(F)c1. The second-order valence-corrected chi connectivity index (χ2v) is 8.07. The van der Waals surface area contributed by atoms with Crippen molar-refractivity contribution in [3.63, 3.8) is 0 Å². The van der Waals surface area contributed by atoms with Gasteiger partial charge in [0, 0.05) is 25.0 Å². The zero-order valence-corrected chi connectivity index (χ0v) is 18.7. The van der Waals surface area contributed by atoms with Crippen molar-refractivity contribution in [2.24, 2.45) is 0 Å². The molecule has 0 aliphatic rings. The van der Waals surface area contributed by atoms with Crippen LogP contribution in [0.25, 0.3) is 0 Å². The second kappa shape index (κ2) is 10.5. The Balaban J connectivity index is 1.59. The van der Waals surface area contributed by atoms with E-state index >= 15 is 0 Å². The van der Waals surface area contributed by atoms with E-state index in [9.17, 15) is 22.4 Å². The number of nitrogens with one attached hydrogen (secondary N) is 1. The lowest BCUT2D eigenvalue weighted by Gasteiger charge is -2.25. The molecule has 4 rings (SSSR count). The van der Waals surface area contributed by atoms with Gasteiger partial charge in [-0.15, -0.1) is 0 Å². The molecule has 0 saturated carbocycles. The molecule has 1 N–H and O–H groups in total. The van der Waals surface area contributed by atoms with Crippen LogP contribution in [0, 0.1) is 5.82 Å². The van der Waals surface area contributed by atoms with E-state index in [0.717, 1.165) is 22.9 Å². The quantitative estimate of drug-likeness (QED) is 0.286. The summed E-state index contributed by atoms with van der Waals surface area (Å²) in [4.78, 5) is 14.7. The summed E-state index contributed by atoms with van der Waals surface area (Å²) < 4.78 is 55.8. The van der Waals surface area contributed by atoms with Gasteiger partial charge in [-0.3, -0.25) is 0 Å². The Labute approximate surface area is 200 Å². The highest BCUT2D eigenvalue weighted by atomic mass is 19.4. The van der Waals surface area contributed by atoms with Crippen molar-refractivity contribution >= 4 is 11.7 Å². The maximum Gasteiger partial charge on any atom is 0.418 e. The van der Waals surface area contributed by atoms with Crippen molar-refractivity contribution < 1.29 is 22.4 Å². The number of para-hydroxylation sites is 1. The number of rotatable bonds is 7. The third-order valence-corrected chi connectivity index (χ3v) is 5.50. The predicted molar refractivity (Wildman–Crippen MR) is 126 cm³/mol. The summed E-state index contributed by atoms with van der Waals surface area (Å²) in [5.41, 5.74) is 1.11. The summed E-state index contributed by atoms with van der Waals surface area (Å²) in [6.45, 7) is 0.709. The zero-order valence-electron chi connectivity index (χ0n) is 18.7. The smallest absolute Gasteiger partial charge is 0.345 e. The van der Waals surface area contributed by atoms with Crippen molar-refractivity contribution in [2.45, 2.75) is 25.8 Å². The number of carbonyl (C=O) groups excluding carboxylic acids is 1. The molecule has 0 fully saturated rings. The molecule has 0 bridgehead atoms. The number of hydrogen-bond donors (Lipinski definition) is 1. The van der Waals surface area contributed by atoms with Crippen LogP contribution in [-0.4, -0.2) is 15.5 Å². The van der Waals surface area contributed by atoms with E-state index in [2.05, 4.69) is 5.32 Å². The molecule has 0 atom stereocenters. The summed E-state index contributed by atoms with van der Waals surface area (Å²) >= 11 is 0. The average molecular weight is 481 g/mol. The van der Waals surface area contributed by atoms with Crippen LogP contribution in [0.15, 0.2) is 97.2 Å². The highest BCUT2D eigenvalue weighted by Gasteiger charge is 2.34. The van der Waals surface area contributed by atoms with E-state index in [-0.39, 0.29) is 24.6 Å². The molecule has 4 aromatic rings. The van der Waals surface area contributed by atoms with E-state index in [1.165, 1.54) is 35.2 Å². The molecule has 2 amide bonds. The standard InChI is InChI=1S/C27H23F4N3O/c28-22-11-6-10-21(16-22)18-33-15-7-12-23(33)19-34(17-20-8-2-1-3-9-20)26(35)32-25-14-5-4-13-24(25)27(29,30)31/h1-16H,17-19H2,(H,32,35). The highest BCUT2D eigenvalue weighted by molar-refractivity contribution is 5.90. The zero-order chi connectivity index (χ0) is 24.8. The Morgan fingerprint density at radius 2 is 1.54 bits per heavy atom. The lowest BCUT2D eigenvalue weighted by atomic mass is 10.1. The topological polar surface area (TPSA) is 37.3 Å². The van der Waals surface area contributed by atoms with Gasteiger partial charge < -0.3 is 14.8 Å². The van der Waals surface area contributed by atoms with Crippen molar-refractivity contribution in [2.75, 3.05) is 5.32 Å². The van der Waals surface area contributed by atoms with E-state index in [4.69, 9.17) is 0 Å². The van der Waals surface area contributed by atoms with Gasteiger partial charge in [0.05, 0.1) is 17.8 Å². The fourth-order valence-electron chi connectivity index (χ4n) is 3.81. The number of alkyl halides is 3. The van der Waals surface area contributed by atoms with Crippen LogP contribution in [0.4, 0.5) is 28.0 Å². The van der Waals surface area contributed by atoms with Gasteiger partial charge in [0.25, 0.3) is 0 Å². The molecule has 4 nitrogen and oxygen atoms in total. The van der Waals surface area contributed by atoms with Crippen LogP contribution >= 0.6 is 0 Å². The first kappa shape index (κ1) is 24.1. The predicted octanol–water partition coefficient (Wildman–Crippen LogP) is 6.93. The van der Waals surface area contributed by atoms with E-state index < -0.39 is 17.8 Å². The molecule has 1 heterocycles. The molecular weight excluding hydrogens is 458 g/mol. The maximum atomic E-state index is 13.6. The molecule has 0 aliphatic heterocycles. The first-order valence-corrected chi connectivity index (χ1v) is 10.9. The summed E-state index contributed by atoms with van der Waals surface area (Å²) in [6, 6.07) is 23.3. The van der Waals surface area contributed by atoms with Gasteiger partial charge >= 0.3 is 12.2 Å². The van der Waals surface area contributed by atoms with Crippen LogP contribution in [-0.2, 0) is 25.8 Å². The fourth-order valence-corrected chi connectivity index (χ4v) is 3.81. The summed E-state index contributed by atoms with van der Waals surface area (Å²) in [7, 11) is 0. The van der Waals surface area contributed by atoms with Crippen molar-refractivity contribution in [1.29, 1.82) is 0 Å². The van der Waals surface area contributed by atoms with Gasteiger partial charge in [0.1, 0.15) is 5.82 Å². The van der Waals surface area contributed by atoms with Gasteiger partial charge in [-0.25, -0.2) is 9.18 Å². The number of amides is 2. The normalized spacial score (nSPS) is 11.3. The maximum absolute atomic E-state index is 13.6. The van der Waals surface area contributed by atoms with Crippen LogP contribution in [0.2, 0.25) is 0 Å². The Bertz CT molecular complexity index is 1280. The molecule has 0 spiro atoms. The molecule has 3 aromatic carbocycles. The Morgan fingerprint density at radius 1 is 0.829 bits per heavy atom. The summed E-state index contributed by atoms with van der Waals surface area (Å²) in [5, 5.41) is 2.43. The van der Waals surface area contributed by atoms with Gasteiger partial charge in [0.2, 0.25) is 0 Å². The Kier molecular flexibility index (Phi) is 7.19. The number of urea groups is 1. The molecule has 0 radical (unpaired) electrons. The summed E-state index contributed by atoms with van der Waals surface area (Å²) in [5.74, 6) is -0.343. The van der Waals surface area contributed by atoms with Crippen molar-refractivity contribution in [1.82, 2.24) is 9.47 Å². The van der Waals surface area contributed by atoms with Crippen LogP contribution in [0.5, 0.6) is 0 Å². The number of carbonyl (C=O) groups is 1. The highest BCUT2D eigenvalue weighted by Crippen LogP contribution is 2.34. The lowest BCUT2D eigenvalue weighted by Crippen LogP contribution is -2.35. The fraction of sp³-hybridized carbons (Fsp3) is 0.148. The molecule has 0 aliphatic carbocycles. The largest absolute Gasteiger partial charge is 0.418 e. The number of nitrogens with zero attached hydrogens (tertiary/aromatic N) is 2. The molecule has 180 valence electrons. The van der Waals surface area contributed by atoms with Crippen molar-refractivity contribution in [3.05, 3.63) is 125 Å². The number of aromatic nitrogens is 1. The molecule has 1 aromatic heterocycles. The third kappa shape index (κ3) is 6.29. The number of benzene rings is 3. The molecule has 0 saturated heterocycles. The Hall–Kier alpha value is -4.07. The molecule has 8 heteroatoms.